The number of rotatable bonds is 18. The second kappa shape index (κ2) is 20.0. The van der Waals surface area contributed by atoms with Gasteiger partial charge in [0.25, 0.3) is 0 Å². The summed E-state index contributed by atoms with van der Waals surface area (Å²) in [5, 5.41) is 8.54. The number of carboxylic acid groups (broad SMARTS) is 1. The van der Waals surface area contributed by atoms with Crippen molar-refractivity contribution in [3.63, 3.8) is 0 Å². The summed E-state index contributed by atoms with van der Waals surface area (Å²) in [6.07, 6.45) is 28.2. The van der Waals surface area contributed by atoms with Gasteiger partial charge in [-0.25, -0.2) is 0 Å². The van der Waals surface area contributed by atoms with Crippen molar-refractivity contribution in [2.45, 2.75) is 110 Å². The molecule has 0 aromatic rings. The van der Waals surface area contributed by atoms with E-state index in [-0.39, 0.29) is 0 Å². The molecule has 0 aliphatic carbocycles. The van der Waals surface area contributed by atoms with Gasteiger partial charge in [0, 0.05) is 6.42 Å². The van der Waals surface area contributed by atoms with Gasteiger partial charge in [0.2, 0.25) is 0 Å². The first-order valence-electron chi connectivity index (χ1n) is 10.3. The fourth-order valence-corrected chi connectivity index (χ4v) is 2.79. The summed E-state index contributed by atoms with van der Waals surface area (Å²) >= 11 is 0. The summed E-state index contributed by atoms with van der Waals surface area (Å²) in [7, 11) is 0. The lowest BCUT2D eigenvalue weighted by Crippen LogP contribution is -1.93. The summed E-state index contributed by atoms with van der Waals surface area (Å²) in [4.78, 5) is 10.4. The van der Waals surface area contributed by atoms with E-state index in [4.69, 9.17) is 5.11 Å². The predicted octanol–water partition coefficient (Wildman–Crippen LogP) is 7.44. The Morgan fingerprint density at radius 1 is 0.667 bits per heavy atom. The van der Waals surface area contributed by atoms with Gasteiger partial charge < -0.3 is 5.11 Å². The fourth-order valence-electron chi connectivity index (χ4n) is 2.79. The molecule has 0 aliphatic heterocycles. The van der Waals surface area contributed by atoms with Crippen molar-refractivity contribution in [1.29, 1.82) is 0 Å². The molecule has 0 fully saturated rings. The first-order chi connectivity index (χ1) is 11.8. The Labute approximate surface area is 150 Å². The molecule has 0 atom stereocenters. The highest BCUT2D eigenvalue weighted by Crippen LogP contribution is 2.09. The van der Waals surface area contributed by atoms with Gasteiger partial charge in [-0.1, -0.05) is 89.0 Å². The van der Waals surface area contributed by atoms with Crippen LogP contribution in [0.5, 0.6) is 0 Å². The third-order valence-electron chi connectivity index (χ3n) is 4.34. The van der Waals surface area contributed by atoms with Crippen LogP contribution in [-0.2, 0) is 4.79 Å². The highest BCUT2D eigenvalue weighted by molar-refractivity contribution is 5.66. The Hall–Kier alpha value is -1.05. The van der Waals surface area contributed by atoms with Gasteiger partial charge in [0.15, 0.2) is 0 Å². The van der Waals surface area contributed by atoms with Gasteiger partial charge in [-0.05, 0) is 38.5 Å². The molecule has 0 radical (unpaired) electrons. The summed E-state index contributed by atoms with van der Waals surface area (Å²) in [5.41, 5.74) is 0. The van der Waals surface area contributed by atoms with E-state index in [9.17, 15) is 4.79 Å². The molecule has 0 aromatic carbocycles. The maximum atomic E-state index is 10.4. The maximum Gasteiger partial charge on any atom is 0.303 e. The number of allylic oxidation sites excluding steroid dienone is 4. The van der Waals surface area contributed by atoms with Crippen molar-refractivity contribution in [1.82, 2.24) is 0 Å². The molecule has 1 N–H and O–H groups in total. The lowest BCUT2D eigenvalue weighted by atomic mass is 10.1. The topological polar surface area (TPSA) is 37.3 Å². The summed E-state index contributed by atoms with van der Waals surface area (Å²) < 4.78 is 0. The lowest BCUT2D eigenvalue weighted by Gasteiger charge is -1.99. The minimum absolute atomic E-state index is 0.328. The lowest BCUT2D eigenvalue weighted by molar-refractivity contribution is -0.137. The van der Waals surface area contributed by atoms with Crippen LogP contribution in [0.3, 0.4) is 0 Å². The normalized spacial score (nSPS) is 11.7. The third-order valence-corrected chi connectivity index (χ3v) is 4.34. The van der Waals surface area contributed by atoms with Gasteiger partial charge in [-0.2, -0.15) is 0 Å². The van der Waals surface area contributed by atoms with E-state index in [2.05, 4.69) is 31.2 Å². The molecule has 0 bridgehead atoms. The van der Waals surface area contributed by atoms with Gasteiger partial charge in [-0.15, -0.1) is 0 Å². The molecular weight excluding hydrogens is 296 g/mol. The Bertz CT molecular complexity index is 318. The van der Waals surface area contributed by atoms with Crippen LogP contribution in [-0.4, -0.2) is 11.1 Å². The molecule has 0 amide bonds. The van der Waals surface area contributed by atoms with E-state index >= 15 is 0 Å². The Morgan fingerprint density at radius 2 is 1.12 bits per heavy atom. The number of hydrogen-bond acceptors (Lipinski definition) is 1. The van der Waals surface area contributed by atoms with Crippen molar-refractivity contribution < 1.29 is 9.90 Å². The van der Waals surface area contributed by atoms with Crippen LogP contribution in [0.15, 0.2) is 24.3 Å². The van der Waals surface area contributed by atoms with Crippen molar-refractivity contribution in [3.8, 4) is 0 Å². The average Bonchev–Trinajstić information content (AvgIpc) is 2.56. The zero-order valence-corrected chi connectivity index (χ0v) is 16.0. The van der Waals surface area contributed by atoms with Crippen molar-refractivity contribution >= 4 is 5.97 Å². The molecular formula is C22H40O2. The van der Waals surface area contributed by atoms with Crippen LogP contribution in [0.2, 0.25) is 0 Å². The van der Waals surface area contributed by atoms with E-state index in [1.165, 1.54) is 77.0 Å². The summed E-state index contributed by atoms with van der Waals surface area (Å²) in [6, 6.07) is 0. The minimum Gasteiger partial charge on any atom is -0.481 e. The van der Waals surface area contributed by atoms with Crippen molar-refractivity contribution in [3.05, 3.63) is 24.3 Å². The predicted molar refractivity (Wildman–Crippen MR) is 105 cm³/mol. The monoisotopic (exact) mass is 336 g/mol. The first kappa shape index (κ1) is 22.9. The third kappa shape index (κ3) is 20.9. The minimum atomic E-state index is -0.666. The van der Waals surface area contributed by atoms with Gasteiger partial charge in [0.05, 0.1) is 0 Å². The van der Waals surface area contributed by atoms with Gasteiger partial charge >= 0.3 is 5.97 Å². The van der Waals surface area contributed by atoms with E-state index in [0.717, 1.165) is 19.3 Å². The number of carboxylic acids is 1. The molecule has 0 rings (SSSR count). The van der Waals surface area contributed by atoms with Crippen LogP contribution in [0.4, 0.5) is 0 Å². The molecule has 0 spiro atoms. The van der Waals surface area contributed by atoms with Crippen LogP contribution in [0.1, 0.15) is 110 Å². The smallest absolute Gasteiger partial charge is 0.303 e. The van der Waals surface area contributed by atoms with Crippen LogP contribution >= 0.6 is 0 Å². The summed E-state index contributed by atoms with van der Waals surface area (Å²) in [5.74, 6) is -0.666. The van der Waals surface area contributed by atoms with E-state index in [1.54, 1.807) is 0 Å². The Kier molecular flexibility index (Phi) is 19.1. The van der Waals surface area contributed by atoms with Gasteiger partial charge in [-0.3, -0.25) is 4.79 Å². The van der Waals surface area contributed by atoms with Crippen LogP contribution in [0.25, 0.3) is 0 Å². The number of unbranched alkanes of at least 4 members (excludes halogenated alkanes) is 12. The molecule has 0 heterocycles. The highest BCUT2D eigenvalue weighted by Gasteiger charge is 1.96. The first-order valence-corrected chi connectivity index (χ1v) is 10.3. The molecule has 2 nitrogen and oxygen atoms in total. The standard InChI is InChI=1S/C22H40O2/c1-2-3-4-5-6-7-8-9-10-11-12-13-14-15-16-17-18-19-20-21-22(23)24/h9-10,12-13H,2-8,11,14-21H2,1H3,(H,23,24). The molecule has 24 heavy (non-hydrogen) atoms. The molecule has 0 aromatic heterocycles. The zero-order chi connectivity index (χ0) is 17.7. The quantitative estimate of drug-likeness (QED) is 0.208. The van der Waals surface area contributed by atoms with E-state index in [1.807, 2.05) is 0 Å². The van der Waals surface area contributed by atoms with Crippen molar-refractivity contribution in [2.75, 3.05) is 0 Å². The Balaban J connectivity index is 3.18. The number of aliphatic carboxylic acids is 1. The molecule has 0 saturated carbocycles. The molecule has 2 heteroatoms. The van der Waals surface area contributed by atoms with Crippen molar-refractivity contribution in [2.24, 2.45) is 0 Å². The van der Waals surface area contributed by atoms with E-state index < -0.39 is 5.97 Å². The highest BCUT2D eigenvalue weighted by atomic mass is 16.4. The summed E-state index contributed by atoms with van der Waals surface area (Å²) in [6.45, 7) is 2.27. The van der Waals surface area contributed by atoms with Crippen LogP contribution in [0, 0.1) is 0 Å². The average molecular weight is 337 g/mol. The SMILES string of the molecule is CCCCCCCCC=CCC=CCCCCCCCCC(=O)O. The number of carbonyl (C=O) groups is 1. The second-order valence-corrected chi connectivity index (χ2v) is 6.79. The zero-order valence-electron chi connectivity index (χ0n) is 16.0. The largest absolute Gasteiger partial charge is 0.481 e. The molecule has 0 unspecified atom stereocenters. The van der Waals surface area contributed by atoms with Gasteiger partial charge in [0.1, 0.15) is 0 Å². The molecule has 140 valence electrons. The number of hydrogen-bond donors (Lipinski definition) is 1. The van der Waals surface area contributed by atoms with E-state index in [0.29, 0.717) is 6.42 Å². The fraction of sp³-hybridized carbons (Fsp3) is 0.773. The van der Waals surface area contributed by atoms with Crippen LogP contribution < -0.4 is 0 Å². The Morgan fingerprint density at radius 3 is 1.62 bits per heavy atom. The second-order valence-electron chi connectivity index (χ2n) is 6.79. The molecule has 0 aliphatic rings. The maximum absolute atomic E-state index is 10.4. The molecule has 0 saturated heterocycles.